The fraction of sp³-hybridized carbons (Fsp3) is 0.500. The summed E-state index contributed by atoms with van der Waals surface area (Å²) in [6, 6.07) is 7.98. The average Bonchev–Trinajstić information content (AvgIpc) is 2.38. The maximum atomic E-state index is 11.3. The molecule has 104 valence electrons. The summed E-state index contributed by atoms with van der Waals surface area (Å²) in [4.78, 5) is 22.1. The van der Waals surface area contributed by atoms with Crippen molar-refractivity contribution < 1.29 is 9.59 Å². The van der Waals surface area contributed by atoms with Crippen LogP contribution >= 0.6 is 0 Å². The molecule has 1 rings (SSSR count). The Morgan fingerprint density at radius 2 is 1.95 bits per heavy atom. The minimum Gasteiger partial charge on any atom is -0.326 e. The second kappa shape index (κ2) is 8.46. The molecule has 1 aromatic rings. The molecular weight excluding hydrogens is 238 g/mol. The van der Waals surface area contributed by atoms with Gasteiger partial charge in [-0.15, -0.1) is 0 Å². The van der Waals surface area contributed by atoms with Gasteiger partial charge < -0.3 is 10.1 Å². The van der Waals surface area contributed by atoms with Gasteiger partial charge in [0.2, 0.25) is 5.91 Å². The first kappa shape index (κ1) is 15.4. The van der Waals surface area contributed by atoms with E-state index in [1.807, 2.05) is 25.1 Å². The molecule has 0 aliphatic heterocycles. The fourth-order valence-electron chi connectivity index (χ4n) is 1.93. The summed E-state index contributed by atoms with van der Waals surface area (Å²) >= 11 is 0. The summed E-state index contributed by atoms with van der Waals surface area (Å²) in [5.74, 6) is 0.308. The molecule has 0 heterocycles. The van der Waals surface area contributed by atoms with Gasteiger partial charge >= 0.3 is 0 Å². The molecule has 19 heavy (non-hydrogen) atoms. The van der Waals surface area contributed by atoms with Gasteiger partial charge in [-0.3, -0.25) is 4.79 Å². The first-order valence-corrected chi connectivity index (χ1v) is 7.00. The van der Waals surface area contributed by atoms with E-state index in [0.29, 0.717) is 12.8 Å². The topological polar surface area (TPSA) is 46.2 Å². The van der Waals surface area contributed by atoms with Crippen LogP contribution in [0.3, 0.4) is 0 Å². The zero-order valence-corrected chi connectivity index (χ0v) is 11.9. The molecule has 0 atom stereocenters. The molecule has 0 radical (unpaired) electrons. The number of carbonyl (C=O) groups is 2. The molecule has 0 spiro atoms. The van der Waals surface area contributed by atoms with E-state index < -0.39 is 0 Å². The zero-order chi connectivity index (χ0) is 14.1. The molecule has 0 bridgehead atoms. The normalized spacial score (nSPS) is 10.2. The van der Waals surface area contributed by atoms with Crippen molar-refractivity contribution in [3.63, 3.8) is 0 Å². The van der Waals surface area contributed by atoms with Gasteiger partial charge in [0.1, 0.15) is 5.78 Å². The van der Waals surface area contributed by atoms with E-state index in [-0.39, 0.29) is 11.7 Å². The van der Waals surface area contributed by atoms with E-state index >= 15 is 0 Å². The molecular formula is C16H23NO2. The maximum absolute atomic E-state index is 11.3. The molecule has 0 aromatic heterocycles. The summed E-state index contributed by atoms with van der Waals surface area (Å²) in [6.45, 7) is 3.48. The number of nitrogens with one attached hydrogen (secondary N) is 1. The highest BCUT2D eigenvalue weighted by Crippen LogP contribution is 2.14. The SMILES string of the molecule is CCC(=O)Nc1cccc(CCCCCC(C)=O)c1. The van der Waals surface area contributed by atoms with Gasteiger partial charge in [-0.25, -0.2) is 0 Å². The number of hydrogen-bond donors (Lipinski definition) is 1. The number of amides is 1. The molecule has 0 saturated carbocycles. The second-order valence-electron chi connectivity index (χ2n) is 4.86. The maximum Gasteiger partial charge on any atom is 0.224 e. The third kappa shape index (κ3) is 6.75. The number of ketones is 1. The molecule has 1 aromatic carbocycles. The monoisotopic (exact) mass is 261 g/mol. The van der Waals surface area contributed by atoms with Crippen molar-refractivity contribution in [2.24, 2.45) is 0 Å². The lowest BCUT2D eigenvalue weighted by molar-refractivity contribution is -0.117. The molecule has 3 heteroatoms. The largest absolute Gasteiger partial charge is 0.326 e. The smallest absolute Gasteiger partial charge is 0.224 e. The summed E-state index contributed by atoms with van der Waals surface area (Å²) in [5, 5.41) is 2.86. The lowest BCUT2D eigenvalue weighted by atomic mass is 10.0. The van der Waals surface area contributed by atoms with Crippen molar-refractivity contribution in [2.75, 3.05) is 5.32 Å². The van der Waals surface area contributed by atoms with Crippen LogP contribution in [0.25, 0.3) is 0 Å². The summed E-state index contributed by atoms with van der Waals surface area (Å²) in [5.41, 5.74) is 2.10. The van der Waals surface area contributed by atoms with Gasteiger partial charge in [-0.1, -0.05) is 25.5 Å². The van der Waals surface area contributed by atoms with Crippen molar-refractivity contribution in [3.05, 3.63) is 29.8 Å². The van der Waals surface area contributed by atoms with Gasteiger partial charge in [-0.2, -0.15) is 0 Å². The molecule has 0 aliphatic rings. The Hall–Kier alpha value is -1.64. The van der Waals surface area contributed by atoms with Crippen LogP contribution in [0.1, 0.15) is 51.5 Å². The standard InChI is InChI=1S/C16H23NO2/c1-3-16(19)17-15-11-7-10-14(12-15)9-6-4-5-8-13(2)18/h7,10-12H,3-6,8-9H2,1-2H3,(H,17,19). The van der Waals surface area contributed by atoms with E-state index in [2.05, 4.69) is 11.4 Å². The Morgan fingerprint density at radius 1 is 1.16 bits per heavy atom. The molecule has 0 fully saturated rings. The summed E-state index contributed by atoms with van der Waals surface area (Å²) in [7, 11) is 0. The Bertz CT molecular complexity index is 427. The third-order valence-corrected chi connectivity index (χ3v) is 3.03. The number of anilines is 1. The predicted octanol–water partition coefficient (Wildman–Crippen LogP) is 3.73. The first-order valence-electron chi connectivity index (χ1n) is 7.00. The van der Waals surface area contributed by atoms with Gasteiger partial charge in [-0.05, 0) is 43.9 Å². The third-order valence-electron chi connectivity index (χ3n) is 3.03. The van der Waals surface area contributed by atoms with Crippen molar-refractivity contribution >= 4 is 17.4 Å². The first-order chi connectivity index (χ1) is 9.11. The second-order valence-corrected chi connectivity index (χ2v) is 4.86. The van der Waals surface area contributed by atoms with E-state index in [1.165, 1.54) is 5.56 Å². The number of benzene rings is 1. The highest BCUT2D eigenvalue weighted by atomic mass is 16.1. The number of carbonyl (C=O) groups excluding carboxylic acids is 2. The van der Waals surface area contributed by atoms with Crippen LogP contribution in [-0.4, -0.2) is 11.7 Å². The number of unbranched alkanes of at least 4 members (excludes halogenated alkanes) is 2. The molecule has 3 nitrogen and oxygen atoms in total. The number of Topliss-reactive ketones (excluding diaryl/α,β-unsaturated/α-hetero) is 1. The fourth-order valence-corrected chi connectivity index (χ4v) is 1.93. The van der Waals surface area contributed by atoms with Crippen molar-refractivity contribution in [1.82, 2.24) is 0 Å². The number of rotatable bonds is 8. The van der Waals surface area contributed by atoms with E-state index in [0.717, 1.165) is 31.4 Å². The molecule has 0 unspecified atom stereocenters. The van der Waals surface area contributed by atoms with E-state index in [9.17, 15) is 9.59 Å². The minimum absolute atomic E-state index is 0.0404. The quantitative estimate of drug-likeness (QED) is 0.725. The highest BCUT2D eigenvalue weighted by Gasteiger charge is 2.00. The van der Waals surface area contributed by atoms with Gasteiger partial charge in [0, 0.05) is 18.5 Å². The van der Waals surface area contributed by atoms with Gasteiger partial charge in [0.05, 0.1) is 0 Å². The Labute approximate surface area is 115 Å². The van der Waals surface area contributed by atoms with E-state index in [1.54, 1.807) is 6.92 Å². The molecule has 1 amide bonds. The average molecular weight is 261 g/mol. The van der Waals surface area contributed by atoms with Crippen LogP contribution in [0.4, 0.5) is 5.69 Å². The Morgan fingerprint density at radius 3 is 2.63 bits per heavy atom. The van der Waals surface area contributed by atoms with E-state index in [4.69, 9.17) is 0 Å². The predicted molar refractivity (Wildman–Crippen MR) is 78.2 cm³/mol. The minimum atomic E-state index is 0.0404. The summed E-state index contributed by atoms with van der Waals surface area (Å²) < 4.78 is 0. The van der Waals surface area contributed by atoms with Crippen molar-refractivity contribution in [2.45, 2.75) is 52.4 Å². The zero-order valence-electron chi connectivity index (χ0n) is 11.9. The summed E-state index contributed by atoms with van der Waals surface area (Å²) in [6.07, 6.45) is 5.31. The lowest BCUT2D eigenvalue weighted by Gasteiger charge is -2.06. The van der Waals surface area contributed by atoms with Crippen LogP contribution in [0.5, 0.6) is 0 Å². The van der Waals surface area contributed by atoms with Crippen LogP contribution < -0.4 is 5.32 Å². The number of aryl methyl sites for hydroxylation is 1. The highest BCUT2D eigenvalue weighted by molar-refractivity contribution is 5.90. The lowest BCUT2D eigenvalue weighted by Crippen LogP contribution is -2.09. The molecule has 0 saturated heterocycles. The van der Waals surface area contributed by atoms with Gasteiger partial charge in [0.15, 0.2) is 0 Å². The van der Waals surface area contributed by atoms with Crippen LogP contribution in [0.15, 0.2) is 24.3 Å². The molecule has 1 N–H and O–H groups in total. The van der Waals surface area contributed by atoms with Crippen LogP contribution in [-0.2, 0) is 16.0 Å². The molecule has 0 aliphatic carbocycles. The van der Waals surface area contributed by atoms with Crippen LogP contribution in [0.2, 0.25) is 0 Å². The van der Waals surface area contributed by atoms with Crippen molar-refractivity contribution in [1.29, 1.82) is 0 Å². The van der Waals surface area contributed by atoms with Crippen molar-refractivity contribution in [3.8, 4) is 0 Å². The Kier molecular flexibility index (Phi) is 6.86. The number of hydrogen-bond acceptors (Lipinski definition) is 2. The van der Waals surface area contributed by atoms with Gasteiger partial charge in [0.25, 0.3) is 0 Å². The Balaban J connectivity index is 2.35. The van der Waals surface area contributed by atoms with Crippen LogP contribution in [0, 0.1) is 0 Å².